The quantitative estimate of drug-likeness (QED) is 0.701. The summed E-state index contributed by atoms with van der Waals surface area (Å²) in [7, 11) is 0. The van der Waals surface area contributed by atoms with Gasteiger partial charge in [-0.15, -0.1) is 0 Å². The van der Waals surface area contributed by atoms with Crippen LogP contribution in [0, 0.1) is 6.92 Å². The number of anilines is 1. The van der Waals surface area contributed by atoms with E-state index in [2.05, 4.69) is 4.98 Å². The maximum Gasteiger partial charge on any atom is 0.227 e. The molecule has 0 fully saturated rings. The SMILES string of the molecule is Cc1cccc(Oc2nccc3ccccc23)c1N. The lowest BCUT2D eigenvalue weighted by Gasteiger charge is -2.11. The highest BCUT2D eigenvalue weighted by atomic mass is 16.5. The Morgan fingerprint density at radius 1 is 1.00 bits per heavy atom. The Labute approximate surface area is 111 Å². The van der Waals surface area contributed by atoms with Crippen molar-refractivity contribution >= 4 is 16.5 Å². The summed E-state index contributed by atoms with van der Waals surface area (Å²) in [6, 6.07) is 15.7. The third-order valence-corrected chi connectivity index (χ3v) is 3.13. The van der Waals surface area contributed by atoms with Gasteiger partial charge in [0.1, 0.15) is 0 Å². The second kappa shape index (κ2) is 4.61. The first-order chi connectivity index (χ1) is 9.25. The fraction of sp³-hybridized carbons (Fsp3) is 0.0625. The van der Waals surface area contributed by atoms with Crippen molar-refractivity contribution in [1.82, 2.24) is 4.98 Å². The van der Waals surface area contributed by atoms with Crippen molar-refractivity contribution < 1.29 is 4.74 Å². The van der Waals surface area contributed by atoms with Gasteiger partial charge in [0, 0.05) is 11.6 Å². The summed E-state index contributed by atoms with van der Waals surface area (Å²) in [5.74, 6) is 1.22. The first kappa shape index (κ1) is 11.5. The molecule has 19 heavy (non-hydrogen) atoms. The van der Waals surface area contributed by atoms with E-state index in [0.717, 1.165) is 16.3 Å². The van der Waals surface area contributed by atoms with Crippen molar-refractivity contribution in [1.29, 1.82) is 0 Å². The van der Waals surface area contributed by atoms with Crippen molar-refractivity contribution in [3.8, 4) is 11.6 Å². The van der Waals surface area contributed by atoms with E-state index in [9.17, 15) is 0 Å². The molecule has 2 aromatic carbocycles. The Hall–Kier alpha value is -2.55. The van der Waals surface area contributed by atoms with Crippen LogP contribution in [0.4, 0.5) is 5.69 Å². The summed E-state index contributed by atoms with van der Waals surface area (Å²) in [6.07, 6.45) is 1.74. The predicted octanol–water partition coefficient (Wildman–Crippen LogP) is 3.92. The summed E-state index contributed by atoms with van der Waals surface area (Å²) < 4.78 is 5.87. The average molecular weight is 250 g/mol. The van der Waals surface area contributed by atoms with E-state index in [1.165, 1.54) is 0 Å². The molecule has 0 unspecified atom stereocenters. The maximum absolute atomic E-state index is 6.02. The van der Waals surface area contributed by atoms with Crippen LogP contribution in [-0.4, -0.2) is 4.98 Å². The highest BCUT2D eigenvalue weighted by molar-refractivity contribution is 5.86. The minimum Gasteiger partial charge on any atom is -0.436 e. The van der Waals surface area contributed by atoms with Gasteiger partial charge in [0.25, 0.3) is 0 Å². The monoisotopic (exact) mass is 250 g/mol. The van der Waals surface area contributed by atoms with Crippen LogP contribution in [0.3, 0.4) is 0 Å². The molecule has 0 bridgehead atoms. The molecular formula is C16H14N2O. The molecule has 0 aliphatic carbocycles. The number of aromatic nitrogens is 1. The maximum atomic E-state index is 6.02. The Morgan fingerprint density at radius 2 is 1.84 bits per heavy atom. The standard InChI is InChI=1S/C16H14N2O/c1-11-5-4-8-14(15(11)17)19-16-13-7-3-2-6-12(13)9-10-18-16/h2-10H,17H2,1H3. The molecule has 3 heteroatoms. The van der Waals surface area contributed by atoms with E-state index in [0.29, 0.717) is 17.3 Å². The summed E-state index contributed by atoms with van der Waals surface area (Å²) >= 11 is 0. The molecule has 3 aromatic rings. The van der Waals surface area contributed by atoms with E-state index in [4.69, 9.17) is 10.5 Å². The van der Waals surface area contributed by atoms with Gasteiger partial charge >= 0.3 is 0 Å². The van der Waals surface area contributed by atoms with Crippen LogP contribution < -0.4 is 10.5 Å². The Morgan fingerprint density at radius 3 is 2.74 bits per heavy atom. The van der Waals surface area contributed by atoms with Crippen LogP contribution >= 0.6 is 0 Å². The van der Waals surface area contributed by atoms with Crippen LogP contribution in [0.15, 0.2) is 54.7 Å². The molecule has 0 spiro atoms. The molecule has 0 atom stereocenters. The van der Waals surface area contributed by atoms with Crippen molar-refractivity contribution in [2.45, 2.75) is 6.92 Å². The topological polar surface area (TPSA) is 48.1 Å². The molecule has 2 N–H and O–H groups in total. The van der Waals surface area contributed by atoms with Gasteiger partial charge in [0.2, 0.25) is 5.88 Å². The molecule has 0 amide bonds. The van der Waals surface area contributed by atoms with Crippen LogP contribution in [-0.2, 0) is 0 Å². The van der Waals surface area contributed by atoms with Crippen LogP contribution in [0.1, 0.15) is 5.56 Å². The average Bonchev–Trinajstić information content (AvgIpc) is 2.44. The van der Waals surface area contributed by atoms with Crippen molar-refractivity contribution in [2.24, 2.45) is 0 Å². The molecule has 0 saturated carbocycles. The number of pyridine rings is 1. The number of para-hydroxylation sites is 1. The van der Waals surface area contributed by atoms with E-state index >= 15 is 0 Å². The summed E-state index contributed by atoms with van der Waals surface area (Å²) in [5, 5.41) is 2.07. The fourth-order valence-corrected chi connectivity index (χ4v) is 2.02. The van der Waals surface area contributed by atoms with Crippen LogP contribution in [0.25, 0.3) is 10.8 Å². The number of rotatable bonds is 2. The second-order valence-corrected chi connectivity index (χ2v) is 4.43. The molecule has 1 heterocycles. The lowest BCUT2D eigenvalue weighted by atomic mass is 10.1. The molecule has 0 aliphatic rings. The van der Waals surface area contributed by atoms with E-state index in [1.807, 2.05) is 55.5 Å². The lowest BCUT2D eigenvalue weighted by Crippen LogP contribution is -1.96. The van der Waals surface area contributed by atoms with Crippen LogP contribution in [0.5, 0.6) is 11.6 Å². The minimum atomic E-state index is 0.579. The Balaban J connectivity index is 2.09. The van der Waals surface area contributed by atoms with Gasteiger partial charge in [0.15, 0.2) is 5.75 Å². The number of hydrogen-bond donors (Lipinski definition) is 1. The minimum absolute atomic E-state index is 0.579. The van der Waals surface area contributed by atoms with Gasteiger partial charge in [-0.25, -0.2) is 4.98 Å². The van der Waals surface area contributed by atoms with Crippen molar-refractivity contribution in [3.05, 3.63) is 60.3 Å². The molecule has 0 saturated heterocycles. The van der Waals surface area contributed by atoms with Crippen molar-refractivity contribution in [3.63, 3.8) is 0 Å². The molecule has 94 valence electrons. The number of nitrogen functional groups attached to an aromatic ring is 1. The number of fused-ring (bicyclic) bond motifs is 1. The first-order valence-corrected chi connectivity index (χ1v) is 6.12. The zero-order valence-corrected chi connectivity index (χ0v) is 10.6. The van der Waals surface area contributed by atoms with Gasteiger partial charge in [-0.2, -0.15) is 0 Å². The Bertz CT molecular complexity index is 732. The van der Waals surface area contributed by atoms with Crippen molar-refractivity contribution in [2.75, 3.05) is 5.73 Å². The fourth-order valence-electron chi connectivity index (χ4n) is 2.02. The normalized spacial score (nSPS) is 10.6. The number of nitrogens with zero attached hydrogens (tertiary/aromatic N) is 1. The highest BCUT2D eigenvalue weighted by Gasteiger charge is 2.08. The van der Waals surface area contributed by atoms with Crippen LogP contribution in [0.2, 0.25) is 0 Å². The van der Waals surface area contributed by atoms with E-state index in [1.54, 1.807) is 6.20 Å². The number of nitrogens with two attached hydrogens (primary N) is 1. The van der Waals surface area contributed by atoms with Gasteiger partial charge in [-0.05, 0) is 36.1 Å². The highest BCUT2D eigenvalue weighted by Crippen LogP contribution is 2.32. The lowest BCUT2D eigenvalue weighted by molar-refractivity contribution is 0.471. The van der Waals surface area contributed by atoms with Gasteiger partial charge in [-0.3, -0.25) is 0 Å². The molecule has 0 aliphatic heterocycles. The number of benzene rings is 2. The largest absolute Gasteiger partial charge is 0.436 e. The predicted molar refractivity (Wildman–Crippen MR) is 77.4 cm³/mol. The third kappa shape index (κ3) is 2.10. The zero-order valence-electron chi connectivity index (χ0n) is 10.6. The molecule has 0 radical (unpaired) electrons. The number of hydrogen-bond acceptors (Lipinski definition) is 3. The molecule has 3 nitrogen and oxygen atoms in total. The summed E-state index contributed by atoms with van der Waals surface area (Å²) in [5.41, 5.74) is 7.67. The Kier molecular flexibility index (Phi) is 2.80. The van der Waals surface area contributed by atoms with Gasteiger partial charge < -0.3 is 10.5 Å². The summed E-state index contributed by atoms with van der Waals surface area (Å²) in [4.78, 5) is 4.30. The zero-order chi connectivity index (χ0) is 13.2. The number of ether oxygens (including phenoxy) is 1. The van der Waals surface area contributed by atoms with E-state index in [-0.39, 0.29) is 0 Å². The molecule has 3 rings (SSSR count). The smallest absolute Gasteiger partial charge is 0.227 e. The molecule has 1 aromatic heterocycles. The second-order valence-electron chi connectivity index (χ2n) is 4.43. The van der Waals surface area contributed by atoms with Gasteiger partial charge in [0.05, 0.1) is 5.69 Å². The molecular weight excluding hydrogens is 236 g/mol. The van der Waals surface area contributed by atoms with Gasteiger partial charge in [-0.1, -0.05) is 30.3 Å². The first-order valence-electron chi connectivity index (χ1n) is 6.12. The number of aryl methyl sites for hydroxylation is 1. The van der Waals surface area contributed by atoms with E-state index < -0.39 is 0 Å². The summed E-state index contributed by atoms with van der Waals surface area (Å²) in [6.45, 7) is 1.96. The third-order valence-electron chi connectivity index (χ3n) is 3.13.